The second kappa shape index (κ2) is 8.76. The molecule has 3 rings (SSSR count). The molecule has 1 saturated heterocycles. The van der Waals surface area contributed by atoms with E-state index < -0.39 is 29.6 Å². The van der Waals surface area contributed by atoms with Crippen molar-refractivity contribution in [1.82, 2.24) is 10.2 Å². The van der Waals surface area contributed by atoms with Gasteiger partial charge in [-0.15, -0.1) is 0 Å². The van der Waals surface area contributed by atoms with E-state index in [0.717, 1.165) is 11.1 Å². The summed E-state index contributed by atoms with van der Waals surface area (Å²) in [5, 5.41) is 3.79. The summed E-state index contributed by atoms with van der Waals surface area (Å²) in [6.07, 6.45) is 1.38. The van der Waals surface area contributed by atoms with Gasteiger partial charge in [-0.3, -0.25) is 14.4 Å². The van der Waals surface area contributed by atoms with Crippen molar-refractivity contribution in [2.45, 2.75) is 18.9 Å². The molecule has 5 nitrogen and oxygen atoms in total. The van der Waals surface area contributed by atoms with Crippen LogP contribution in [0.2, 0.25) is 10.0 Å². The number of hydrogen-bond acceptors (Lipinski definition) is 3. The molecule has 7 heteroatoms. The highest BCUT2D eigenvalue weighted by atomic mass is 35.5. The van der Waals surface area contributed by atoms with E-state index in [1.54, 1.807) is 19.2 Å². The van der Waals surface area contributed by atoms with Crippen LogP contribution in [0.4, 0.5) is 0 Å². The summed E-state index contributed by atoms with van der Waals surface area (Å²) < 4.78 is 0. The normalized spacial score (nSPS) is 19.2. The molecule has 2 aromatic rings. The number of nitrogens with zero attached hydrogens (tertiary/aromatic N) is 1. The fourth-order valence-corrected chi connectivity index (χ4v) is 3.76. The van der Waals surface area contributed by atoms with Crippen molar-refractivity contribution < 1.29 is 14.4 Å². The maximum absolute atomic E-state index is 12.7. The smallest absolute Gasteiger partial charge is 0.291 e. The molecular formula is C21H20Cl2N2O3. The number of rotatable bonds is 6. The van der Waals surface area contributed by atoms with Crippen LogP contribution in [0.25, 0.3) is 0 Å². The van der Waals surface area contributed by atoms with Crippen LogP contribution in [0.1, 0.15) is 23.6 Å². The predicted octanol–water partition coefficient (Wildman–Crippen LogP) is 3.44. The maximum atomic E-state index is 12.7. The number of nitrogens with one attached hydrogen (secondary N) is 1. The third-order valence-corrected chi connectivity index (χ3v) is 5.63. The number of aryl methyl sites for hydroxylation is 1. The minimum Gasteiger partial charge on any atom is -0.355 e. The molecule has 2 atom stereocenters. The fourth-order valence-electron chi connectivity index (χ4n) is 3.44. The van der Waals surface area contributed by atoms with Gasteiger partial charge < -0.3 is 10.2 Å². The molecule has 1 aliphatic rings. The van der Waals surface area contributed by atoms with Crippen LogP contribution in [0, 0.1) is 5.92 Å². The Bertz CT molecular complexity index is 902. The first-order chi connectivity index (χ1) is 13.4. The first kappa shape index (κ1) is 20.4. The Hall–Kier alpha value is -2.37. The van der Waals surface area contributed by atoms with Crippen molar-refractivity contribution in [2.24, 2.45) is 5.92 Å². The van der Waals surface area contributed by atoms with Crippen LogP contribution < -0.4 is 5.32 Å². The molecule has 1 aliphatic heterocycles. The zero-order valence-corrected chi connectivity index (χ0v) is 16.8. The Kier molecular flexibility index (Phi) is 6.37. The van der Waals surface area contributed by atoms with Crippen molar-refractivity contribution in [2.75, 3.05) is 13.6 Å². The molecule has 146 valence electrons. The van der Waals surface area contributed by atoms with Crippen LogP contribution in [0.5, 0.6) is 0 Å². The SMILES string of the molecule is CN1C(=O)C(=O)C(C(=O)NCCCc2ccc(Cl)c(Cl)c2)C1c1ccccc1. The fraction of sp³-hybridized carbons (Fsp3) is 0.286. The summed E-state index contributed by atoms with van der Waals surface area (Å²) in [5.74, 6) is -2.77. The van der Waals surface area contributed by atoms with Crippen LogP contribution in [-0.4, -0.2) is 36.1 Å². The van der Waals surface area contributed by atoms with Gasteiger partial charge in [-0.1, -0.05) is 59.6 Å². The van der Waals surface area contributed by atoms with Gasteiger partial charge in [0.2, 0.25) is 11.7 Å². The zero-order chi connectivity index (χ0) is 20.3. The van der Waals surface area contributed by atoms with E-state index in [1.165, 1.54) is 4.90 Å². The number of likely N-dealkylation sites (N-methyl/N-ethyl adjacent to an activating group) is 1. The second-order valence-electron chi connectivity index (χ2n) is 6.76. The zero-order valence-electron chi connectivity index (χ0n) is 15.3. The summed E-state index contributed by atoms with van der Waals surface area (Å²) in [6, 6.07) is 14.0. The Morgan fingerprint density at radius 2 is 1.79 bits per heavy atom. The summed E-state index contributed by atoms with van der Waals surface area (Å²) in [7, 11) is 1.55. The average Bonchev–Trinajstić information content (AvgIpc) is 2.92. The van der Waals surface area contributed by atoms with Crippen molar-refractivity contribution in [3.05, 3.63) is 69.7 Å². The number of likely N-dealkylation sites (tertiary alicyclic amines) is 1. The van der Waals surface area contributed by atoms with Crippen LogP contribution in [0.15, 0.2) is 48.5 Å². The second-order valence-corrected chi connectivity index (χ2v) is 7.57. The highest BCUT2D eigenvalue weighted by molar-refractivity contribution is 6.43. The molecule has 2 unspecified atom stereocenters. The molecule has 0 bridgehead atoms. The van der Waals surface area contributed by atoms with E-state index in [2.05, 4.69) is 5.32 Å². The minimum absolute atomic E-state index is 0.391. The number of ketones is 1. The third-order valence-electron chi connectivity index (χ3n) is 4.90. The summed E-state index contributed by atoms with van der Waals surface area (Å²) >= 11 is 11.9. The molecule has 1 fully saturated rings. The predicted molar refractivity (Wildman–Crippen MR) is 108 cm³/mol. The van der Waals surface area contributed by atoms with E-state index >= 15 is 0 Å². The standard InChI is InChI=1S/C21H20Cl2N2O3/c1-25-18(14-7-3-2-4-8-14)17(19(26)21(25)28)20(27)24-11-5-6-13-9-10-15(22)16(23)12-13/h2-4,7-10,12,17-18H,5-6,11H2,1H3,(H,24,27). The number of halogens is 2. The lowest BCUT2D eigenvalue weighted by atomic mass is 9.92. The van der Waals surface area contributed by atoms with Gasteiger partial charge in [0.15, 0.2) is 0 Å². The van der Waals surface area contributed by atoms with Gasteiger partial charge in [0.1, 0.15) is 5.92 Å². The lowest BCUT2D eigenvalue weighted by Crippen LogP contribution is -2.37. The molecule has 1 N–H and O–H groups in total. The number of amides is 2. The Balaban J connectivity index is 1.62. The highest BCUT2D eigenvalue weighted by Gasteiger charge is 2.49. The first-order valence-electron chi connectivity index (χ1n) is 8.97. The van der Waals surface area contributed by atoms with E-state index in [1.807, 2.05) is 36.4 Å². The van der Waals surface area contributed by atoms with Gasteiger partial charge in [0.25, 0.3) is 5.91 Å². The maximum Gasteiger partial charge on any atom is 0.291 e. The van der Waals surface area contributed by atoms with Crippen LogP contribution in [-0.2, 0) is 20.8 Å². The van der Waals surface area contributed by atoms with Crippen molar-refractivity contribution in [3.8, 4) is 0 Å². The van der Waals surface area contributed by atoms with Gasteiger partial charge >= 0.3 is 0 Å². The molecular weight excluding hydrogens is 399 g/mol. The Morgan fingerprint density at radius 3 is 2.46 bits per heavy atom. The average molecular weight is 419 g/mol. The van der Waals surface area contributed by atoms with E-state index in [9.17, 15) is 14.4 Å². The van der Waals surface area contributed by atoms with E-state index in [-0.39, 0.29) is 0 Å². The minimum atomic E-state index is -1.04. The molecule has 0 spiro atoms. The lowest BCUT2D eigenvalue weighted by molar-refractivity contribution is -0.142. The number of hydrogen-bond donors (Lipinski definition) is 1. The molecule has 0 aliphatic carbocycles. The lowest BCUT2D eigenvalue weighted by Gasteiger charge is -2.23. The molecule has 2 aromatic carbocycles. The van der Waals surface area contributed by atoms with Crippen molar-refractivity contribution in [3.63, 3.8) is 0 Å². The Labute approximate surface area is 173 Å². The van der Waals surface area contributed by atoms with Gasteiger partial charge in [-0.05, 0) is 36.1 Å². The quantitative estimate of drug-likeness (QED) is 0.443. The van der Waals surface area contributed by atoms with Gasteiger partial charge in [-0.25, -0.2) is 0 Å². The third kappa shape index (κ3) is 4.21. The van der Waals surface area contributed by atoms with E-state index in [0.29, 0.717) is 29.4 Å². The topological polar surface area (TPSA) is 66.5 Å². The number of Topliss-reactive ketones (excluding diaryl/α,β-unsaturated/α-hetero) is 1. The number of carbonyl (C=O) groups excluding carboxylic acids is 3. The molecule has 2 amide bonds. The van der Waals surface area contributed by atoms with Crippen LogP contribution >= 0.6 is 23.2 Å². The number of benzene rings is 2. The first-order valence-corrected chi connectivity index (χ1v) is 9.73. The van der Waals surface area contributed by atoms with Crippen LogP contribution in [0.3, 0.4) is 0 Å². The monoisotopic (exact) mass is 418 g/mol. The highest BCUT2D eigenvalue weighted by Crippen LogP contribution is 2.35. The van der Waals surface area contributed by atoms with Gasteiger partial charge in [0.05, 0.1) is 16.1 Å². The largest absolute Gasteiger partial charge is 0.355 e. The number of carbonyl (C=O) groups is 3. The Morgan fingerprint density at radius 1 is 1.07 bits per heavy atom. The molecule has 0 saturated carbocycles. The summed E-state index contributed by atoms with van der Waals surface area (Å²) in [4.78, 5) is 38.6. The summed E-state index contributed by atoms with van der Waals surface area (Å²) in [6.45, 7) is 0.391. The summed E-state index contributed by atoms with van der Waals surface area (Å²) in [5.41, 5.74) is 1.78. The van der Waals surface area contributed by atoms with Gasteiger partial charge in [-0.2, -0.15) is 0 Å². The molecule has 28 heavy (non-hydrogen) atoms. The van der Waals surface area contributed by atoms with Crippen molar-refractivity contribution >= 4 is 40.8 Å². The molecule has 0 aromatic heterocycles. The molecule has 1 heterocycles. The van der Waals surface area contributed by atoms with Crippen molar-refractivity contribution in [1.29, 1.82) is 0 Å². The van der Waals surface area contributed by atoms with Gasteiger partial charge in [0, 0.05) is 13.6 Å². The molecule has 0 radical (unpaired) electrons. The van der Waals surface area contributed by atoms with E-state index in [4.69, 9.17) is 23.2 Å².